The standard InChI is InChI=1S/C48H89BO2/c1-13-15-16-17-18-19-20-21-26-51-45-23-22-32(3)27-43(45)47-40(11)46(42-29-35(6)38(9)36(7)30-42)39(10)44(50)31-41(14-2)37(8)28-34(5)33(4)24-25-48(47,12)49/h32-43,45-47H,13-31H2,1-12H3/t32-,33?,34+,35-,36+,37?,38?,39+,40?,41-,42?,43?,45+,46-,47-,48-/m1/s1. The molecular weight excluding hydrogens is 619 g/mol. The van der Waals surface area contributed by atoms with Crippen molar-refractivity contribution in [2.45, 2.75) is 210 Å². The smallest absolute Gasteiger partial charge is 0.136 e. The van der Waals surface area contributed by atoms with Crippen LogP contribution in [0.1, 0.15) is 199 Å². The van der Waals surface area contributed by atoms with Crippen molar-refractivity contribution in [2.24, 2.45) is 82.9 Å². The van der Waals surface area contributed by atoms with Crippen molar-refractivity contribution in [3.8, 4) is 0 Å². The molecule has 0 aromatic heterocycles. The van der Waals surface area contributed by atoms with Crippen molar-refractivity contribution >= 4 is 13.6 Å². The molecule has 296 valence electrons. The summed E-state index contributed by atoms with van der Waals surface area (Å²) >= 11 is 0. The summed E-state index contributed by atoms with van der Waals surface area (Å²) in [5.41, 5.74) is 0. The lowest BCUT2D eigenvalue weighted by molar-refractivity contribution is -0.130. The highest BCUT2D eigenvalue weighted by molar-refractivity contribution is 6.15. The van der Waals surface area contributed by atoms with E-state index >= 15 is 0 Å². The first-order valence-electron chi connectivity index (χ1n) is 23.1. The van der Waals surface area contributed by atoms with E-state index < -0.39 is 0 Å². The largest absolute Gasteiger partial charge is 0.378 e. The predicted octanol–water partition coefficient (Wildman–Crippen LogP) is 14.2. The van der Waals surface area contributed by atoms with Crippen LogP contribution in [0.5, 0.6) is 0 Å². The normalized spacial score (nSPS) is 43.8. The van der Waals surface area contributed by atoms with Gasteiger partial charge in [0.25, 0.3) is 0 Å². The Morgan fingerprint density at radius 3 is 1.90 bits per heavy atom. The Morgan fingerprint density at radius 1 is 0.686 bits per heavy atom. The third kappa shape index (κ3) is 12.9. The molecule has 16 atom stereocenters. The highest BCUT2D eigenvalue weighted by Crippen LogP contribution is 2.57. The van der Waals surface area contributed by atoms with Gasteiger partial charge in [0.1, 0.15) is 5.78 Å². The van der Waals surface area contributed by atoms with Gasteiger partial charge in [-0.3, -0.25) is 4.79 Å². The van der Waals surface area contributed by atoms with E-state index in [4.69, 9.17) is 12.6 Å². The number of ether oxygens (including phenoxy) is 1. The van der Waals surface area contributed by atoms with Crippen molar-refractivity contribution in [3.05, 3.63) is 0 Å². The lowest BCUT2D eigenvalue weighted by Gasteiger charge is -2.54. The van der Waals surface area contributed by atoms with Gasteiger partial charge in [-0.15, -0.1) is 0 Å². The van der Waals surface area contributed by atoms with Crippen molar-refractivity contribution in [3.63, 3.8) is 0 Å². The Kier molecular flexibility index (Phi) is 19.2. The first kappa shape index (κ1) is 45.1. The second kappa shape index (κ2) is 21.7. The van der Waals surface area contributed by atoms with E-state index in [-0.39, 0.29) is 17.3 Å². The summed E-state index contributed by atoms with van der Waals surface area (Å²) in [5, 5.41) is -0.295. The Labute approximate surface area is 321 Å². The number of hydrogen-bond acceptors (Lipinski definition) is 2. The van der Waals surface area contributed by atoms with Gasteiger partial charge in [-0.25, -0.2) is 0 Å². The fourth-order valence-corrected chi connectivity index (χ4v) is 12.2. The summed E-state index contributed by atoms with van der Waals surface area (Å²) in [6.45, 7) is 30.2. The lowest BCUT2D eigenvalue weighted by Crippen LogP contribution is -2.48. The summed E-state index contributed by atoms with van der Waals surface area (Å²) < 4.78 is 7.03. The van der Waals surface area contributed by atoms with Crippen molar-refractivity contribution in [1.29, 1.82) is 0 Å². The number of ketones is 1. The second-order valence-electron chi connectivity index (χ2n) is 20.3. The van der Waals surface area contributed by atoms with Gasteiger partial charge in [0.05, 0.1) is 14.0 Å². The van der Waals surface area contributed by atoms with Crippen molar-refractivity contribution < 1.29 is 9.53 Å². The maximum Gasteiger partial charge on any atom is 0.136 e. The van der Waals surface area contributed by atoms with Gasteiger partial charge < -0.3 is 4.74 Å². The summed E-state index contributed by atoms with van der Waals surface area (Å²) in [5.74, 6) is 7.97. The zero-order valence-corrected chi connectivity index (χ0v) is 36.5. The maximum atomic E-state index is 14.7. The minimum Gasteiger partial charge on any atom is -0.378 e. The fourth-order valence-electron chi connectivity index (χ4n) is 12.2. The topological polar surface area (TPSA) is 26.3 Å². The average Bonchev–Trinajstić information content (AvgIpc) is 3.07. The molecule has 0 saturated heterocycles. The molecule has 51 heavy (non-hydrogen) atoms. The van der Waals surface area contributed by atoms with Crippen LogP contribution in [0.2, 0.25) is 5.31 Å². The minimum absolute atomic E-state index is 0.0781. The Morgan fingerprint density at radius 2 is 1.29 bits per heavy atom. The molecule has 0 bridgehead atoms. The van der Waals surface area contributed by atoms with Gasteiger partial charge >= 0.3 is 0 Å². The van der Waals surface area contributed by atoms with Crippen LogP contribution in [0.25, 0.3) is 0 Å². The Bertz CT molecular complexity index is 964. The van der Waals surface area contributed by atoms with Gasteiger partial charge in [0.15, 0.2) is 0 Å². The van der Waals surface area contributed by atoms with Crippen molar-refractivity contribution in [2.75, 3.05) is 6.61 Å². The van der Waals surface area contributed by atoms with Crippen LogP contribution >= 0.6 is 0 Å². The number of hydrogen-bond donors (Lipinski definition) is 0. The molecule has 3 aliphatic rings. The molecule has 0 aromatic rings. The summed E-state index contributed by atoms with van der Waals surface area (Å²) in [6, 6.07) is 0. The molecule has 6 unspecified atom stereocenters. The molecule has 0 amide bonds. The average molecular weight is 709 g/mol. The van der Waals surface area contributed by atoms with E-state index in [9.17, 15) is 4.79 Å². The third-order valence-corrected chi connectivity index (χ3v) is 16.2. The zero-order valence-electron chi connectivity index (χ0n) is 36.5. The highest BCUT2D eigenvalue weighted by Gasteiger charge is 2.50. The number of unbranched alkanes of at least 4 members (excludes halogenated alkanes) is 7. The first-order valence-corrected chi connectivity index (χ1v) is 23.1. The van der Waals surface area contributed by atoms with E-state index in [1.165, 1.54) is 96.3 Å². The summed E-state index contributed by atoms with van der Waals surface area (Å²) in [4.78, 5) is 14.7. The van der Waals surface area contributed by atoms with Crippen LogP contribution in [-0.2, 0) is 9.53 Å². The molecular formula is C48H89BO2. The van der Waals surface area contributed by atoms with E-state index in [0.29, 0.717) is 76.8 Å². The number of rotatable bonds is 13. The second-order valence-corrected chi connectivity index (χ2v) is 20.3. The third-order valence-electron chi connectivity index (χ3n) is 16.2. The summed E-state index contributed by atoms with van der Waals surface area (Å²) in [7, 11) is 7.83. The van der Waals surface area contributed by atoms with E-state index in [2.05, 4.69) is 83.1 Å². The molecule has 3 rings (SSSR count). The minimum atomic E-state index is -0.295. The molecule has 3 aliphatic carbocycles. The quantitative estimate of drug-likeness (QED) is 0.141. The van der Waals surface area contributed by atoms with Gasteiger partial charge in [-0.1, -0.05) is 153 Å². The lowest BCUT2D eigenvalue weighted by atomic mass is 9.47. The molecule has 2 nitrogen and oxygen atoms in total. The SMILES string of the molecule is [B][C@]1(C)CCC(C)[C@@H](C)CC(C)[C@H](CC)CC(=O)[C@H](C)[C@@H](C2C[C@@H](C)C(C)[C@@H](C)C2)C(C)[C@@H]1C1C[C@H](C)CC[C@@H]1OCCCCCCCCCC. The highest BCUT2D eigenvalue weighted by atomic mass is 16.5. The number of carbonyl (C=O) groups is 1. The molecule has 0 spiro atoms. The van der Waals surface area contributed by atoms with E-state index in [0.717, 1.165) is 31.8 Å². The van der Waals surface area contributed by atoms with Crippen LogP contribution in [-0.4, -0.2) is 26.3 Å². The molecule has 2 radical (unpaired) electrons. The van der Waals surface area contributed by atoms with Gasteiger partial charge in [-0.05, 0) is 122 Å². The molecule has 0 aliphatic heterocycles. The van der Waals surface area contributed by atoms with E-state index in [1.807, 2.05) is 0 Å². The number of carbonyl (C=O) groups excluding carboxylic acids is 1. The van der Waals surface area contributed by atoms with Crippen LogP contribution in [0.15, 0.2) is 0 Å². The molecule has 3 fully saturated rings. The van der Waals surface area contributed by atoms with Gasteiger partial charge in [0.2, 0.25) is 0 Å². The molecule has 0 N–H and O–H groups in total. The summed E-state index contributed by atoms with van der Waals surface area (Å²) in [6.07, 6.45) is 22.5. The van der Waals surface area contributed by atoms with E-state index in [1.54, 1.807) is 0 Å². The monoisotopic (exact) mass is 709 g/mol. The van der Waals surface area contributed by atoms with Crippen molar-refractivity contribution in [1.82, 2.24) is 0 Å². The molecule has 0 heterocycles. The molecule has 3 heteroatoms. The first-order chi connectivity index (χ1) is 24.1. The van der Waals surface area contributed by atoms with Crippen LogP contribution in [0.4, 0.5) is 0 Å². The van der Waals surface area contributed by atoms with Gasteiger partial charge in [-0.2, -0.15) is 0 Å². The van der Waals surface area contributed by atoms with Crippen LogP contribution in [0, 0.1) is 82.9 Å². The van der Waals surface area contributed by atoms with Crippen LogP contribution in [0.3, 0.4) is 0 Å². The Balaban J connectivity index is 1.99. The number of Topliss-reactive ketones (excluding diaryl/α,β-unsaturated/α-hetero) is 1. The maximum absolute atomic E-state index is 14.7. The fraction of sp³-hybridized carbons (Fsp3) is 0.979. The predicted molar refractivity (Wildman–Crippen MR) is 223 cm³/mol. The zero-order chi connectivity index (χ0) is 37.9. The molecule has 3 saturated carbocycles. The van der Waals surface area contributed by atoms with Gasteiger partial charge in [0, 0.05) is 18.9 Å². The Hall–Kier alpha value is -0.305. The van der Waals surface area contributed by atoms with Crippen LogP contribution < -0.4 is 0 Å². The molecule has 0 aromatic carbocycles.